The number of para-hydroxylation sites is 1. The minimum atomic E-state index is -0.0398. The van der Waals surface area contributed by atoms with Crippen molar-refractivity contribution in [3.8, 4) is 11.8 Å². The van der Waals surface area contributed by atoms with Crippen LogP contribution < -0.4 is 16.0 Å². The van der Waals surface area contributed by atoms with Crippen LogP contribution in [0, 0.1) is 31.1 Å². The van der Waals surface area contributed by atoms with Crippen LogP contribution in [-0.4, -0.2) is 25.3 Å². The Labute approximate surface area is 183 Å². The summed E-state index contributed by atoms with van der Waals surface area (Å²) in [6.45, 7) is 4.39. The lowest BCUT2D eigenvalue weighted by atomic mass is 9.99. The van der Waals surface area contributed by atoms with E-state index >= 15 is 0 Å². The molecule has 5 nitrogen and oxygen atoms in total. The number of rotatable bonds is 5. The van der Waals surface area contributed by atoms with Crippen molar-refractivity contribution >= 4 is 23.1 Å². The Kier molecular flexibility index (Phi) is 6.74. The molecule has 3 aromatic rings. The zero-order valence-electron chi connectivity index (χ0n) is 18.0. The van der Waals surface area contributed by atoms with Crippen LogP contribution in [0.15, 0.2) is 66.7 Å². The number of carbonyl (C=O) groups is 1. The molecule has 0 radical (unpaired) electrons. The zero-order chi connectivity index (χ0) is 22.4. The third kappa shape index (κ3) is 5.31. The van der Waals surface area contributed by atoms with Crippen LogP contribution in [0.25, 0.3) is 0 Å². The van der Waals surface area contributed by atoms with Crippen molar-refractivity contribution in [2.24, 2.45) is 5.73 Å². The molecule has 3 rings (SSSR count). The highest BCUT2D eigenvalue weighted by molar-refractivity contribution is 6.06. The number of benzene rings is 3. The Balaban J connectivity index is 1.69. The van der Waals surface area contributed by atoms with Crippen molar-refractivity contribution in [1.29, 1.82) is 5.41 Å². The van der Waals surface area contributed by atoms with E-state index in [1.165, 1.54) is 0 Å². The first-order valence-corrected chi connectivity index (χ1v) is 9.98. The number of anilines is 2. The fraction of sp³-hybridized carbons (Fsp3) is 0.154. The van der Waals surface area contributed by atoms with E-state index in [9.17, 15) is 4.79 Å². The summed E-state index contributed by atoms with van der Waals surface area (Å²) < 4.78 is 0. The van der Waals surface area contributed by atoms with E-state index in [4.69, 9.17) is 11.1 Å². The number of nitrogens with one attached hydrogen (secondary N) is 2. The summed E-state index contributed by atoms with van der Waals surface area (Å²) in [6.07, 6.45) is 0. The molecule has 1 amide bonds. The van der Waals surface area contributed by atoms with Gasteiger partial charge in [0.25, 0.3) is 5.91 Å². The molecule has 0 fully saturated rings. The smallest absolute Gasteiger partial charge is 0.258 e. The van der Waals surface area contributed by atoms with Gasteiger partial charge in [0.2, 0.25) is 0 Å². The van der Waals surface area contributed by atoms with Crippen LogP contribution in [0.1, 0.15) is 32.6 Å². The summed E-state index contributed by atoms with van der Waals surface area (Å²) >= 11 is 0. The average Bonchev–Trinajstić information content (AvgIpc) is 2.78. The van der Waals surface area contributed by atoms with Gasteiger partial charge in [-0.25, -0.2) is 0 Å². The molecule has 0 aliphatic carbocycles. The Morgan fingerprint density at radius 2 is 1.71 bits per heavy atom. The number of hydrogen-bond acceptors (Lipinski definition) is 3. The number of nitrogens with two attached hydrogens (primary N) is 1. The van der Waals surface area contributed by atoms with E-state index < -0.39 is 0 Å². The maximum absolute atomic E-state index is 13.0. The first-order valence-electron chi connectivity index (χ1n) is 9.98. The number of aryl methyl sites for hydroxylation is 2. The number of nitrogen functional groups attached to an aromatic ring is 1. The van der Waals surface area contributed by atoms with Crippen LogP contribution in [0.3, 0.4) is 0 Å². The van der Waals surface area contributed by atoms with Gasteiger partial charge in [-0.1, -0.05) is 30.0 Å². The molecule has 0 aliphatic rings. The number of amides is 1. The van der Waals surface area contributed by atoms with Crippen molar-refractivity contribution < 1.29 is 4.79 Å². The molecule has 0 unspecified atom stereocenters. The van der Waals surface area contributed by atoms with E-state index in [2.05, 4.69) is 17.2 Å². The van der Waals surface area contributed by atoms with Crippen LogP contribution in [0.5, 0.6) is 0 Å². The van der Waals surface area contributed by atoms with Gasteiger partial charge in [-0.05, 0) is 73.5 Å². The average molecular weight is 411 g/mol. The van der Waals surface area contributed by atoms with Gasteiger partial charge in [0.05, 0.1) is 6.54 Å². The second-order valence-corrected chi connectivity index (χ2v) is 7.33. The number of nitrogens with zero attached hydrogens (tertiary/aromatic N) is 1. The first-order chi connectivity index (χ1) is 14.9. The Bertz CT molecular complexity index is 1160. The van der Waals surface area contributed by atoms with E-state index in [-0.39, 0.29) is 11.7 Å². The zero-order valence-corrected chi connectivity index (χ0v) is 18.0. The molecular weight excluding hydrogens is 384 g/mol. The molecule has 0 aliphatic heterocycles. The molecule has 5 heteroatoms. The summed E-state index contributed by atoms with van der Waals surface area (Å²) in [5.41, 5.74) is 11.4. The van der Waals surface area contributed by atoms with Crippen molar-refractivity contribution in [2.75, 3.05) is 23.8 Å². The monoisotopic (exact) mass is 410 g/mol. The Hall–Kier alpha value is -4.04. The molecule has 0 bridgehead atoms. The van der Waals surface area contributed by atoms with E-state index in [1.807, 2.05) is 68.4 Å². The Morgan fingerprint density at radius 3 is 2.35 bits per heavy atom. The van der Waals surface area contributed by atoms with E-state index in [1.54, 1.807) is 24.1 Å². The second-order valence-electron chi connectivity index (χ2n) is 7.33. The molecule has 0 atom stereocenters. The van der Waals surface area contributed by atoms with Gasteiger partial charge < -0.3 is 16.0 Å². The lowest BCUT2D eigenvalue weighted by Crippen LogP contribution is -2.27. The molecule has 0 spiro atoms. The SMILES string of the molecule is Cc1cc(C(=O)N(C)c2ccccc2)c(C)cc1C#CCNc1ccc(C(=N)N)cc1. The van der Waals surface area contributed by atoms with Gasteiger partial charge in [-0.15, -0.1) is 0 Å². The number of hydrogen-bond donors (Lipinski definition) is 3. The number of carbonyl (C=O) groups excluding carboxylic acids is 1. The molecule has 0 heterocycles. The third-order valence-corrected chi connectivity index (χ3v) is 5.05. The summed E-state index contributed by atoms with van der Waals surface area (Å²) in [5, 5.41) is 10.7. The maximum atomic E-state index is 13.0. The lowest BCUT2D eigenvalue weighted by Gasteiger charge is -2.19. The van der Waals surface area contributed by atoms with Crippen molar-refractivity contribution in [2.45, 2.75) is 13.8 Å². The van der Waals surface area contributed by atoms with Crippen molar-refractivity contribution in [3.63, 3.8) is 0 Å². The molecule has 31 heavy (non-hydrogen) atoms. The Morgan fingerprint density at radius 1 is 1.03 bits per heavy atom. The summed E-state index contributed by atoms with van der Waals surface area (Å²) in [7, 11) is 1.79. The largest absolute Gasteiger partial charge is 0.384 e. The predicted octanol–water partition coefficient (Wildman–Crippen LogP) is 4.33. The first kappa shape index (κ1) is 21.7. The van der Waals surface area contributed by atoms with Gasteiger partial charge in [-0.3, -0.25) is 10.2 Å². The van der Waals surface area contributed by atoms with Gasteiger partial charge in [0.1, 0.15) is 5.84 Å². The summed E-state index contributed by atoms with van der Waals surface area (Å²) in [6, 6.07) is 20.8. The standard InChI is InChI=1S/C26H26N4O/c1-18-17-24(26(31)30(3)23-9-5-4-6-10-23)19(2)16-21(18)8-7-15-29-22-13-11-20(12-14-22)25(27)28/h4-6,9-14,16-17,29H,15H2,1-3H3,(H3,27,28). The van der Waals surface area contributed by atoms with Crippen LogP contribution in [0.4, 0.5) is 11.4 Å². The lowest BCUT2D eigenvalue weighted by molar-refractivity contribution is 0.0992. The van der Waals surface area contributed by atoms with Gasteiger partial charge in [-0.2, -0.15) is 0 Å². The fourth-order valence-electron chi connectivity index (χ4n) is 3.18. The third-order valence-electron chi connectivity index (χ3n) is 5.05. The minimum absolute atomic E-state index is 0.0398. The van der Waals surface area contributed by atoms with Crippen LogP contribution in [-0.2, 0) is 0 Å². The van der Waals surface area contributed by atoms with Crippen LogP contribution in [0.2, 0.25) is 0 Å². The van der Waals surface area contributed by atoms with Gasteiger partial charge in [0, 0.05) is 35.1 Å². The van der Waals surface area contributed by atoms with Gasteiger partial charge in [0.15, 0.2) is 0 Å². The fourth-order valence-corrected chi connectivity index (χ4v) is 3.18. The molecule has 0 saturated heterocycles. The number of amidine groups is 1. The topological polar surface area (TPSA) is 82.2 Å². The molecule has 4 N–H and O–H groups in total. The van der Waals surface area contributed by atoms with E-state index in [0.717, 1.165) is 28.1 Å². The highest BCUT2D eigenvalue weighted by atomic mass is 16.2. The van der Waals surface area contributed by atoms with Gasteiger partial charge >= 0.3 is 0 Å². The highest BCUT2D eigenvalue weighted by Gasteiger charge is 2.16. The molecule has 3 aromatic carbocycles. The van der Waals surface area contributed by atoms with E-state index in [0.29, 0.717) is 17.7 Å². The molecule has 156 valence electrons. The molecular formula is C26H26N4O. The molecule has 0 saturated carbocycles. The quantitative estimate of drug-likeness (QED) is 0.333. The van der Waals surface area contributed by atoms with Crippen LogP contribution >= 0.6 is 0 Å². The highest BCUT2D eigenvalue weighted by Crippen LogP contribution is 2.20. The normalized spacial score (nSPS) is 10.0. The maximum Gasteiger partial charge on any atom is 0.258 e. The summed E-state index contributed by atoms with van der Waals surface area (Å²) in [5.74, 6) is 6.33. The second kappa shape index (κ2) is 9.64. The van der Waals surface area contributed by atoms with Crippen molar-refractivity contribution in [1.82, 2.24) is 0 Å². The summed E-state index contributed by atoms with van der Waals surface area (Å²) in [4.78, 5) is 14.6. The van der Waals surface area contributed by atoms with Crippen molar-refractivity contribution in [3.05, 3.63) is 94.5 Å². The molecule has 0 aromatic heterocycles. The predicted molar refractivity (Wildman–Crippen MR) is 128 cm³/mol. The minimum Gasteiger partial charge on any atom is -0.384 e.